The number of hydrogen-bond acceptors (Lipinski definition) is 2. The molecular weight excluding hydrogens is 156 g/mol. The first kappa shape index (κ1) is 8.05. The Morgan fingerprint density at radius 1 is 1.33 bits per heavy atom. The number of ether oxygens (including phenoxy) is 1. The molecule has 1 aliphatic carbocycles. The minimum atomic E-state index is -0.676. The van der Waals surface area contributed by atoms with E-state index < -0.39 is 5.97 Å². The first-order chi connectivity index (χ1) is 5.79. The molecule has 0 aromatic carbocycles. The van der Waals surface area contributed by atoms with E-state index in [0.29, 0.717) is 12.5 Å². The summed E-state index contributed by atoms with van der Waals surface area (Å²) in [7, 11) is 0. The summed E-state index contributed by atoms with van der Waals surface area (Å²) in [5.74, 6) is -0.601. The summed E-state index contributed by atoms with van der Waals surface area (Å²) in [6, 6.07) is 0. The molecule has 12 heavy (non-hydrogen) atoms. The van der Waals surface area contributed by atoms with E-state index in [9.17, 15) is 4.79 Å². The Morgan fingerprint density at radius 2 is 2.08 bits per heavy atom. The van der Waals surface area contributed by atoms with Gasteiger partial charge in [-0.1, -0.05) is 12.8 Å². The van der Waals surface area contributed by atoms with Crippen LogP contribution >= 0.6 is 0 Å². The zero-order valence-corrected chi connectivity index (χ0v) is 7.03. The average molecular weight is 170 g/mol. The van der Waals surface area contributed by atoms with Crippen molar-refractivity contribution in [2.45, 2.75) is 31.8 Å². The second-order valence-corrected chi connectivity index (χ2v) is 3.76. The van der Waals surface area contributed by atoms with Gasteiger partial charge in [-0.05, 0) is 12.8 Å². The van der Waals surface area contributed by atoms with Crippen molar-refractivity contribution in [3.8, 4) is 0 Å². The summed E-state index contributed by atoms with van der Waals surface area (Å²) >= 11 is 0. The Hall–Kier alpha value is -0.570. The molecule has 2 rings (SSSR count). The van der Waals surface area contributed by atoms with Crippen molar-refractivity contribution in [1.29, 1.82) is 0 Å². The SMILES string of the molecule is O=C(O)[C@@H]1CO[C@H]2CCCC[C@@H]21. The van der Waals surface area contributed by atoms with E-state index in [-0.39, 0.29) is 12.0 Å². The topological polar surface area (TPSA) is 46.5 Å². The van der Waals surface area contributed by atoms with Crippen LogP contribution in [0.15, 0.2) is 0 Å². The highest BCUT2D eigenvalue weighted by atomic mass is 16.5. The number of hydrogen-bond donors (Lipinski definition) is 1. The molecule has 1 saturated heterocycles. The van der Waals surface area contributed by atoms with Gasteiger partial charge < -0.3 is 9.84 Å². The number of carbonyl (C=O) groups is 1. The van der Waals surface area contributed by atoms with E-state index >= 15 is 0 Å². The van der Waals surface area contributed by atoms with Crippen LogP contribution in [0.2, 0.25) is 0 Å². The summed E-state index contributed by atoms with van der Waals surface area (Å²) in [6.45, 7) is 0.435. The maximum absolute atomic E-state index is 10.8. The molecule has 0 spiro atoms. The summed E-state index contributed by atoms with van der Waals surface area (Å²) in [4.78, 5) is 10.8. The van der Waals surface area contributed by atoms with Crippen LogP contribution in [0.25, 0.3) is 0 Å². The molecule has 0 aromatic rings. The second kappa shape index (κ2) is 3.05. The first-order valence-electron chi connectivity index (χ1n) is 4.63. The molecule has 1 aliphatic heterocycles. The normalized spacial score (nSPS) is 40.8. The van der Waals surface area contributed by atoms with Crippen molar-refractivity contribution in [1.82, 2.24) is 0 Å². The van der Waals surface area contributed by atoms with Gasteiger partial charge in [0.15, 0.2) is 0 Å². The highest BCUT2D eigenvalue weighted by Crippen LogP contribution is 2.37. The van der Waals surface area contributed by atoms with Crippen LogP contribution in [0, 0.1) is 11.8 Å². The number of carboxylic acid groups (broad SMARTS) is 1. The van der Waals surface area contributed by atoms with Crippen LogP contribution in [-0.2, 0) is 9.53 Å². The van der Waals surface area contributed by atoms with Crippen molar-refractivity contribution in [3.05, 3.63) is 0 Å². The number of carboxylic acids is 1. The van der Waals surface area contributed by atoms with Crippen molar-refractivity contribution in [2.24, 2.45) is 11.8 Å². The van der Waals surface area contributed by atoms with Crippen molar-refractivity contribution < 1.29 is 14.6 Å². The van der Waals surface area contributed by atoms with Crippen molar-refractivity contribution >= 4 is 5.97 Å². The Balaban J connectivity index is 2.05. The molecular formula is C9H14O3. The third-order valence-corrected chi connectivity index (χ3v) is 3.08. The lowest BCUT2D eigenvalue weighted by Gasteiger charge is -2.25. The summed E-state index contributed by atoms with van der Waals surface area (Å²) < 4.78 is 5.45. The van der Waals surface area contributed by atoms with Gasteiger partial charge in [0.1, 0.15) is 0 Å². The van der Waals surface area contributed by atoms with Gasteiger partial charge in [-0.15, -0.1) is 0 Å². The maximum Gasteiger partial charge on any atom is 0.309 e. The lowest BCUT2D eigenvalue weighted by molar-refractivity contribution is -0.142. The van der Waals surface area contributed by atoms with Gasteiger partial charge in [-0.2, -0.15) is 0 Å². The molecule has 68 valence electrons. The van der Waals surface area contributed by atoms with E-state index in [1.54, 1.807) is 0 Å². The van der Waals surface area contributed by atoms with Crippen molar-refractivity contribution in [3.63, 3.8) is 0 Å². The molecule has 0 aromatic heterocycles. The van der Waals surface area contributed by atoms with E-state index in [2.05, 4.69) is 0 Å². The Labute approximate surface area is 71.7 Å². The molecule has 1 heterocycles. The van der Waals surface area contributed by atoms with Crippen LogP contribution in [0.4, 0.5) is 0 Å². The fourth-order valence-electron chi connectivity index (χ4n) is 2.40. The van der Waals surface area contributed by atoms with Gasteiger partial charge in [0, 0.05) is 5.92 Å². The van der Waals surface area contributed by atoms with Gasteiger partial charge in [-0.3, -0.25) is 4.79 Å². The van der Waals surface area contributed by atoms with E-state index in [0.717, 1.165) is 12.8 Å². The zero-order valence-electron chi connectivity index (χ0n) is 7.03. The Bertz CT molecular complexity index is 190. The predicted octanol–water partition coefficient (Wildman–Crippen LogP) is 1.28. The second-order valence-electron chi connectivity index (χ2n) is 3.76. The van der Waals surface area contributed by atoms with Gasteiger partial charge >= 0.3 is 5.97 Å². The Morgan fingerprint density at radius 3 is 2.83 bits per heavy atom. The largest absolute Gasteiger partial charge is 0.481 e. The minimum absolute atomic E-state index is 0.227. The smallest absolute Gasteiger partial charge is 0.309 e. The molecule has 0 radical (unpaired) electrons. The molecule has 1 saturated carbocycles. The fraction of sp³-hybridized carbons (Fsp3) is 0.889. The van der Waals surface area contributed by atoms with Gasteiger partial charge in [0.25, 0.3) is 0 Å². The number of aliphatic carboxylic acids is 1. The lowest BCUT2D eigenvalue weighted by atomic mass is 9.80. The predicted molar refractivity (Wildman–Crippen MR) is 42.8 cm³/mol. The highest BCUT2D eigenvalue weighted by Gasteiger charge is 2.42. The number of fused-ring (bicyclic) bond motifs is 1. The van der Waals surface area contributed by atoms with Gasteiger partial charge in [0.05, 0.1) is 18.6 Å². The van der Waals surface area contributed by atoms with Crippen LogP contribution in [0.5, 0.6) is 0 Å². The minimum Gasteiger partial charge on any atom is -0.481 e. The summed E-state index contributed by atoms with van der Waals surface area (Å²) in [5.41, 5.74) is 0. The van der Waals surface area contributed by atoms with E-state index in [1.807, 2.05) is 0 Å². The van der Waals surface area contributed by atoms with E-state index in [1.165, 1.54) is 12.8 Å². The molecule has 0 unspecified atom stereocenters. The van der Waals surface area contributed by atoms with Crippen LogP contribution in [0.3, 0.4) is 0 Å². The van der Waals surface area contributed by atoms with Crippen LogP contribution in [0.1, 0.15) is 25.7 Å². The lowest BCUT2D eigenvalue weighted by Crippen LogP contribution is -2.28. The van der Waals surface area contributed by atoms with E-state index in [4.69, 9.17) is 9.84 Å². The molecule has 0 bridgehead atoms. The van der Waals surface area contributed by atoms with Gasteiger partial charge in [0.2, 0.25) is 0 Å². The molecule has 0 amide bonds. The summed E-state index contributed by atoms with van der Waals surface area (Å²) in [5, 5.41) is 8.87. The molecule has 3 atom stereocenters. The quantitative estimate of drug-likeness (QED) is 0.644. The molecule has 2 aliphatic rings. The molecule has 2 fully saturated rings. The first-order valence-corrected chi connectivity index (χ1v) is 4.63. The Kier molecular flexibility index (Phi) is 2.05. The third kappa shape index (κ3) is 1.22. The maximum atomic E-state index is 10.8. The fourth-order valence-corrected chi connectivity index (χ4v) is 2.40. The standard InChI is InChI=1S/C9H14O3/c10-9(11)7-5-12-8-4-2-1-3-6(7)8/h6-8H,1-5H2,(H,10,11)/t6-,7-,8+/m1/s1. The van der Waals surface area contributed by atoms with Crippen LogP contribution < -0.4 is 0 Å². The average Bonchev–Trinajstić information content (AvgIpc) is 2.47. The molecule has 1 N–H and O–H groups in total. The van der Waals surface area contributed by atoms with Gasteiger partial charge in [-0.25, -0.2) is 0 Å². The highest BCUT2D eigenvalue weighted by molar-refractivity contribution is 5.71. The van der Waals surface area contributed by atoms with Crippen LogP contribution in [-0.4, -0.2) is 23.8 Å². The zero-order chi connectivity index (χ0) is 8.55. The molecule has 3 heteroatoms. The monoisotopic (exact) mass is 170 g/mol. The number of rotatable bonds is 1. The van der Waals surface area contributed by atoms with Crippen molar-refractivity contribution in [2.75, 3.05) is 6.61 Å². The summed E-state index contributed by atoms with van der Waals surface area (Å²) in [6.07, 6.45) is 4.73. The molecule has 3 nitrogen and oxygen atoms in total. The third-order valence-electron chi connectivity index (χ3n) is 3.08.